The van der Waals surface area contributed by atoms with E-state index in [2.05, 4.69) is 10.2 Å². The van der Waals surface area contributed by atoms with Crippen molar-refractivity contribution in [2.75, 3.05) is 14.2 Å². The molecule has 2 aromatic carbocycles. The third-order valence-corrected chi connectivity index (χ3v) is 6.02. The second-order valence-corrected chi connectivity index (χ2v) is 7.92. The molecular weight excluding hydrogens is 402 g/mol. The summed E-state index contributed by atoms with van der Waals surface area (Å²) in [6.45, 7) is 1.58. The van der Waals surface area contributed by atoms with Gasteiger partial charge in [0.25, 0.3) is 15.9 Å². The van der Waals surface area contributed by atoms with E-state index >= 15 is 0 Å². The van der Waals surface area contributed by atoms with E-state index in [4.69, 9.17) is 11.6 Å². The molecule has 10 heteroatoms. The highest BCUT2D eigenvalue weighted by Gasteiger charge is 2.25. The largest absolute Gasteiger partial charge is 0.346 e. The highest BCUT2D eigenvalue weighted by molar-refractivity contribution is 7.89. The van der Waals surface area contributed by atoms with E-state index in [-0.39, 0.29) is 15.5 Å². The molecule has 1 atom stereocenters. The number of nitrogens with one attached hydrogen (secondary N) is 1. The molecule has 0 aliphatic rings. The SMILES string of the molecule is CON(C)S(=O)(=O)c1cc(C(=O)NC(C)c2ccc(F)c(F)c2)ccc1Cl. The van der Waals surface area contributed by atoms with Crippen LogP contribution in [0.25, 0.3) is 0 Å². The molecule has 2 aromatic rings. The minimum Gasteiger partial charge on any atom is -0.346 e. The minimum absolute atomic E-state index is 0.0249. The average molecular weight is 419 g/mol. The number of benzene rings is 2. The van der Waals surface area contributed by atoms with Crippen LogP contribution in [0.1, 0.15) is 28.9 Å². The van der Waals surface area contributed by atoms with Gasteiger partial charge >= 0.3 is 0 Å². The van der Waals surface area contributed by atoms with Gasteiger partial charge in [-0.3, -0.25) is 9.63 Å². The van der Waals surface area contributed by atoms with Gasteiger partial charge in [0, 0.05) is 12.6 Å². The summed E-state index contributed by atoms with van der Waals surface area (Å²) in [6.07, 6.45) is 0. The van der Waals surface area contributed by atoms with Crippen LogP contribution < -0.4 is 5.32 Å². The maximum Gasteiger partial charge on any atom is 0.266 e. The van der Waals surface area contributed by atoms with Gasteiger partial charge in [-0.2, -0.15) is 0 Å². The summed E-state index contributed by atoms with van der Waals surface area (Å²) in [4.78, 5) is 16.8. The van der Waals surface area contributed by atoms with Gasteiger partial charge in [0.2, 0.25) is 0 Å². The summed E-state index contributed by atoms with van der Waals surface area (Å²) >= 11 is 5.95. The molecule has 6 nitrogen and oxygen atoms in total. The smallest absolute Gasteiger partial charge is 0.266 e. The van der Waals surface area contributed by atoms with Gasteiger partial charge in [0.15, 0.2) is 11.6 Å². The van der Waals surface area contributed by atoms with Crippen molar-refractivity contribution < 1.29 is 26.8 Å². The number of sulfonamides is 1. The molecule has 1 unspecified atom stereocenters. The van der Waals surface area contributed by atoms with E-state index in [1.165, 1.54) is 32.4 Å². The lowest BCUT2D eigenvalue weighted by Crippen LogP contribution is -2.28. The number of hydrogen-bond acceptors (Lipinski definition) is 4. The first-order chi connectivity index (χ1) is 12.6. The highest BCUT2D eigenvalue weighted by Crippen LogP contribution is 2.26. The van der Waals surface area contributed by atoms with Crippen LogP contribution >= 0.6 is 11.6 Å². The predicted octanol–water partition coefficient (Wildman–Crippen LogP) is 3.29. The third kappa shape index (κ3) is 4.62. The second kappa shape index (κ2) is 8.30. The van der Waals surface area contributed by atoms with Crippen LogP contribution in [0, 0.1) is 11.6 Å². The third-order valence-electron chi connectivity index (χ3n) is 3.86. The first-order valence-electron chi connectivity index (χ1n) is 7.66. The molecule has 0 radical (unpaired) electrons. The summed E-state index contributed by atoms with van der Waals surface area (Å²) in [5.74, 6) is -2.64. The molecule has 146 valence electrons. The van der Waals surface area contributed by atoms with Gasteiger partial charge in [-0.05, 0) is 42.8 Å². The molecule has 0 bridgehead atoms. The Morgan fingerprint density at radius 1 is 1.19 bits per heavy atom. The quantitative estimate of drug-likeness (QED) is 0.730. The molecule has 1 N–H and O–H groups in total. The summed E-state index contributed by atoms with van der Waals surface area (Å²) in [6, 6.07) is 6.36. The van der Waals surface area contributed by atoms with Crippen molar-refractivity contribution in [3.8, 4) is 0 Å². The Balaban J connectivity index is 2.29. The molecule has 1 amide bonds. The van der Waals surface area contributed by atoms with Crippen LogP contribution in [0.4, 0.5) is 8.78 Å². The summed E-state index contributed by atoms with van der Waals surface area (Å²) in [5.41, 5.74) is 0.375. The lowest BCUT2D eigenvalue weighted by atomic mass is 10.1. The van der Waals surface area contributed by atoms with Crippen molar-refractivity contribution in [2.24, 2.45) is 0 Å². The topological polar surface area (TPSA) is 75.7 Å². The van der Waals surface area contributed by atoms with E-state index in [0.717, 1.165) is 18.2 Å². The normalized spacial score (nSPS) is 12.9. The molecular formula is C17H17ClF2N2O4S. The van der Waals surface area contributed by atoms with E-state index < -0.39 is 33.6 Å². The molecule has 0 aliphatic heterocycles. The molecule has 0 heterocycles. The first kappa shape index (κ1) is 21.2. The van der Waals surface area contributed by atoms with Crippen molar-refractivity contribution in [1.82, 2.24) is 9.79 Å². The van der Waals surface area contributed by atoms with Crippen LogP contribution in [0.5, 0.6) is 0 Å². The number of rotatable bonds is 6. The Labute approximate surface area is 160 Å². The Bertz CT molecular complexity index is 969. The van der Waals surface area contributed by atoms with Crippen LogP contribution in [0.15, 0.2) is 41.3 Å². The number of nitrogens with zero attached hydrogens (tertiary/aromatic N) is 1. The predicted molar refractivity (Wildman–Crippen MR) is 95.6 cm³/mol. The number of hydrogen-bond donors (Lipinski definition) is 1. The molecule has 0 aromatic heterocycles. The Hall–Kier alpha value is -2.07. The van der Waals surface area contributed by atoms with Crippen molar-refractivity contribution in [2.45, 2.75) is 17.9 Å². The lowest BCUT2D eigenvalue weighted by Gasteiger charge is -2.17. The highest BCUT2D eigenvalue weighted by atomic mass is 35.5. The van der Waals surface area contributed by atoms with E-state index in [1.54, 1.807) is 6.92 Å². The van der Waals surface area contributed by atoms with E-state index in [9.17, 15) is 22.0 Å². The number of hydroxylamine groups is 1. The van der Waals surface area contributed by atoms with Crippen LogP contribution in [-0.2, 0) is 14.9 Å². The Kier molecular flexibility index (Phi) is 6.53. The van der Waals surface area contributed by atoms with E-state index in [1.807, 2.05) is 0 Å². The summed E-state index contributed by atoms with van der Waals surface area (Å²) in [5, 5.41) is 2.51. The molecule has 0 spiro atoms. The van der Waals surface area contributed by atoms with Crippen LogP contribution in [-0.4, -0.2) is 33.0 Å². The molecule has 27 heavy (non-hydrogen) atoms. The zero-order valence-corrected chi connectivity index (χ0v) is 16.2. The standard InChI is InChI=1S/C17H17ClF2N2O4S/c1-10(11-5-7-14(19)15(20)8-11)21-17(23)12-4-6-13(18)16(9-12)27(24,25)22(2)26-3/h4-10H,1-3H3,(H,21,23). The molecule has 0 saturated heterocycles. The van der Waals surface area contributed by atoms with Gasteiger partial charge < -0.3 is 5.32 Å². The summed E-state index contributed by atoms with van der Waals surface area (Å²) < 4.78 is 51.8. The summed E-state index contributed by atoms with van der Waals surface area (Å²) in [7, 11) is -1.70. The van der Waals surface area contributed by atoms with Crippen molar-refractivity contribution in [1.29, 1.82) is 0 Å². The van der Waals surface area contributed by atoms with E-state index in [0.29, 0.717) is 10.0 Å². The van der Waals surface area contributed by atoms with Gasteiger partial charge in [-0.1, -0.05) is 22.1 Å². The lowest BCUT2D eigenvalue weighted by molar-refractivity contribution is -0.0258. The average Bonchev–Trinajstić information content (AvgIpc) is 2.63. The van der Waals surface area contributed by atoms with Gasteiger partial charge in [0.1, 0.15) is 4.90 Å². The van der Waals surface area contributed by atoms with Crippen molar-refractivity contribution >= 4 is 27.5 Å². The van der Waals surface area contributed by atoms with Gasteiger partial charge in [-0.25, -0.2) is 17.2 Å². The molecule has 0 fully saturated rings. The zero-order valence-electron chi connectivity index (χ0n) is 14.7. The first-order valence-corrected chi connectivity index (χ1v) is 9.48. The number of carbonyl (C=O) groups excluding carboxylic acids is 1. The van der Waals surface area contributed by atoms with Gasteiger partial charge in [-0.15, -0.1) is 0 Å². The minimum atomic E-state index is -4.06. The molecule has 0 saturated carbocycles. The monoisotopic (exact) mass is 418 g/mol. The van der Waals surface area contributed by atoms with Crippen molar-refractivity contribution in [3.05, 3.63) is 64.2 Å². The Morgan fingerprint density at radius 2 is 1.85 bits per heavy atom. The maximum atomic E-state index is 13.4. The zero-order chi connectivity index (χ0) is 20.4. The van der Waals surface area contributed by atoms with Crippen LogP contribution in [0.3, 0.4) is 0 Å². The molecule has 2 rings (SSSR count). The van der Waals surface area contributed by atoms with Crippen LogP contribution in [0.2, 0.25) is 5.02 Å². The fourth-order valence-corrected chi connectivity index (χ4v) is 3.70. The number of amides is 1. The van der Waals surface area contributed by atoms with Crippen molar-refractivity contribution in [3.63, 3.8) is 0 Å². The van der Waals surface area contributed by atoms with Gasteiger partial charge in [0.05, 0.1) is 18.2 Å². The number of halogens is 3. The second-order valence-electron chi connectivity index (χ2n) is 5.61. The molecule has 0 aliphatic carbocycles. The maximum absolute atomic E-state index is 13.4. The fraction of sp³-hybridized carbons (Fsp3) is 0.235. The number of carbonyl (C=O) groups is 1. The fourth-order valence-electron chi connectivity index (χ4n) is 2.22. The Morgan fingerprint density at radius 3 is 2.44 bits per heavy atom.